The van der Waals surface area contributed by atoms with Gasteiger partial charge in [-0.05, 0) is 47.9 Å². The number of nitrogens with zero attached hydrogens (tertiary/aromatic N) is 1. The van der Waals surface area contributed by atoms with Gasteiger partial charge in [0.25, 0.3) is 0 Å². The van der Waals surface area contributed by atoms with Gasteiger partial charge in [-0.1, -0.05) is 84.2 Å². The Morgan fingerprint density at radius 1 is 0.833 bits per heavy atom. The standard InChI is InChI=1S/C36H55N5O7/c1-6-8-14-28(34(45)40-29(19-24(3)4)32(43)21-33(44)38-31(22-42)25(5)7-2)39-35(46)30(20-26-15-17-37-18-16-26)41-36(47)48-23-27-12-10-9-11-13-27/h9-13,15-18,24-25,28-32,42-43H,6-8,14,19-23H2,1-5H3,(H,38,44)(H,39,46)(H,40,45)(H,41,47)/t25-,28-,29-,30-,31+,32-/m0/s1. The predicted octanol–water partition coefficient (Wildman–Crippen LogP) is 3.40. The second-order valence-corrected chi connectivity index (χ2v) is 12.8. The summed E-state index contributed by atoms with van der Waals surface area (Å²) in [6.45, 7) is 9.55. The van der Waals surface area contributed by atoms with Crippen LogP contribution in [0.1, 0.15) is 84.3 Å². The van der Waals surface area contributed by atoms with Crippen LogP contribution in [0.25, 0.3) is 0 Å². The van der Waals surface area contributed by atoms with E-state index in [4.69, 9.17) is 4.74 Å². The topological polar surface area (TPSA) is 179 Å². The number of pyridine rings is 1. The lowest BCUT2D eigenvalue weighted by molar-refractivity contribution is -0.131. The average Bonchev–Trinajstić information content (AvgIpc) is 3.07. The molecule has 1 heterocycles. The Bertz CT molecular complexity index is 1250. The maximum Gasteiger partial charge on any atom is 0.408 e. The molecule has 0 bridgehead atoms. The van der Waals surface area contributed by atoms with Crippen LogP contribution in [0, 0.1) is 11.8 Å². The molecule has 0 saturated carbocycles. The van der Waals surface area contributed by atoms with Gasteiger partial charge in [-0.2, -0.15) is 0 Å². The number of aliphatic hydroxyl groups excluding tert-OH is 2. The number of nitrogens with one attached hydrogen (secondary N) is 4. The molecule has 12 nitrogen and oxygen atoms in total. The van der Waals surface area contributed by atoms with Gasteiger partial charge >= 0.3 is 6.09 Å². The quantitative estimate of drug-likeness (QED) is 0.117. The van der Waals surface area contributed by atoms with Crippen molar-refractivity contribution in [1.82, 2.24) is 26.3 Å². The van der Waals surface area contributed by atoms with Crippen molar-refractivity contribution in [3.05, 3.63) is 66.0 Å². The van der Waals surface area contributed by atoms with Crippen LogP contribution in [0.5, 0.6) is 0 Å². The molecule has 0 unspecified atom stereocenters. The highest BCUT2D eigenvalue weighted by molar-refractivity contribution is 5.91. The summed E-state index contributed by atoms with van der Waals surface area (Å²) in [5.41, 5.74) is 1.54. The summed E-state index contributed by atoms with van der Waals surface area (Å²) in [6.07, 6.45) is 3.95. The molecule has 0 saturated heterocycles. The van der Waals surface area contributed by atoms with E-state index in [9.17, 15) is 29.4 Å². The fraction of sp³-hybridized carbons (Fsp3) is 0.583. The summed E-state index contributed by atoms with van der Waals surface area (Å²) < 4.78 is 5.37. The van der Waals surface area contributed by atoms with Gasteiger partial charge in [0.2, 0.25) is 17.7 Å². The number of rotatable bonds is 21. The van der Waals surface area contributed by atoms with E-state index in [1.165, 1.54) is 0 Å². The zero-order chi connectivity index (χ0) is 35.5. The van der Waals surface area contributed by atoms with Gasteiger partial charge in [0.1, 0.15) is 18.7 Å². The first-order valence-corrected chi connectivity index (χ1v) is 17.0. The van der Waals surface area contributed by atoms with Crippen LogP contribution < -0.4 is 21.3 Å². The summed E-state index contributed by atoms with van der Waals surface area (Å²) in [7, 11) is 0. The second-order valence-electron chi connectivity index (χ2n) is 12.8. The fourth-order valence-corrected chi connectivity index (χ4v) is 5.17. The summed E-state index contributed by atoms with van der Waals surface area (Å²) in [5.74, 6) is -1.36. The van der Waals surface area contributed by atoms with Crippen LogP contribution in [0.2, 0.25) is 0 Å². The number of amides is 4. The number of alkyl carbamates (subject to hydrolysis) is 1. The number of benzene rings is 1. The van der Waals surface area contributed by atoms with Crippen molar-refractivity contribution in [1.29, 1.82) is 0 Å². The first kappa shape index (κ1) is 40.1. The van der Waals surface area contributed by atoms with E-state index >= 15 is 0 Å². The smallest absolute Gasteiger partial charge is 0.408 e. The molecule has 6 N–H and O–H groups in total. The van der Waals surface area contributed by atoms with Gasteiger partial charge in [-0.25, -0.2) is 4.79 Å². The van der Waals surface area contributed by atoms with Crippen molar-refractivity contribution in [2.75, 3.05) is 6.61 Å². The molecule has 266 valence electrons. The van der Waals surface area contributed by atoms with E-state index in [2.05, 4.69) is 26.3 Å². The van der Waals surface area contributed by atoms with E-state index in [1.54, 1.807) is 24.5 Å². The molecule has 0 aliphatic heterocycles. The van der Waals surface area contributed by atoms with E-state index < -0.39 is 54.1 Å². The van der Waals surface area contributed by atoms with Crippen LogP contribution in [-0.2, 0) is 32.1 Å². The lowest BCUT2D eigenvalue weighted by Gasteiger charge is -2.29. The van der Waals surface area contributed by atoms with E-state index in [-0.39, 0.29) is 37.9 Å². The number of hydrogen-bond acceptors (Lipinski definition) is 8. The Hall–Kier alpha value is -4.03. The SMILES string of the molecule is CCCC[C@H](NC(=O)[C@H](Cc1ccncc1)NC(=O)OCc1ccccc1)C(=O)N[C@@H](CC(C)C)[C@@H](O)CC(=O)N[C@H](CO)[C@@H](C)CC. The Kier molecular flexibility index (Phi) is 18.2. The molecule has 48 heavy (non-hydrogen) atoms. The third-order valence-electron chi connectivity index (χ3n) is 8.28. The molecule has 0 spiro atoms. The lowest BCUT2D eigenvalue weighted by Crippen LogP contribution is -2.57. The molecule has 1 aromatic carbocycles. The molecule has 0 aliphatic rings. The molecule has 0 radical (unpaired) electrons. The van der Waals surface area contributed by atoms with Crippen LogP contribution in [0.3, 0.4) is 0 Å². The molecule has 2 rings (SSSR count). The zero-order valence-corrected chi connectivity index (χ0v) is 29.0. The average molecular weight is 670 g/mol. The van der Waals surface area contributed by atoms with Crippen LogP contribution in [0.15, 0.2) is 54.9 Å². The minimum atomic E-state index is -1.20. The summed E-state index contributed by atoms with van der Waals surface area (Å²) in [4.78, 5) is 57.0. The highest BCUT2D eigenvalue weighted by Gasteiger charge is 2.31. The Morgan fingerprint density at radius 2 is 1.50 bits per heavy atom. The Morgan fingerprint density at radius 3 is 2.10 bits per heavy atom. The first-order chi connectivity index (χ1) is 23.0. The minimum absolute atomic E-state index is 0.0215. The molecule has 1 aromatic heterocycles. The highest BCUT2D eigenvalue weighted by Crippen LogP contribution is 2.14. The molecule has 6 atom stereocenters. The van der Waals surface area contributed by atoms with Gasteiger partial charge in [0.05, 0.1) is 31.2 Å². The number of carbonyl (C=O) groups excluding carboxylic acids is 4. The normalized spacial score (nSPS) is 14.9. The monoisotopic (exact) mass is 669 g/mol. The Labute approximate surface area is 284 Å². The predicted molar refractivity (Wildman–Crippen MR) is 183 cm³/mol. The van der Waals surface area contributed by atoms with Gasteiger partial charge < -0.3 is 36.2 Å². The van der Waals surface area contributed by atoms with Crippen molar-refractivity contribution >= 4 is 23.8 Å². The molecular formula is C36H55N5O7. The van der Waals surface area contributed by atoms with Crippen LogP contribution in [-0.4, -0.2) is 75.9 Å². The number of unbranched alkanes of at least 4 members (excludes halogenated alkanes) is 1. The van der Waals surface area contributed by atoms with Crippen molar-refractivity contribution in [2.45, 2.75) is 116 Å². The van der Waals surface area contributed by atoms with E-state index in [0.29, 0.717) is 19.3 Å². The van der Waals surface area contributed by atoms with Gasteiger partial charge in [0.15, 0.2) is 0 Å². The van der Waals surface area contributed by atoms with Crippen LogP contribution >= 0.6 is 0 Å². The molecule has 0 fully saturated rings. The molecule has 12 heteroatoms. The molecule has 4 amide bonds. The number of carbonyl (C=O) groups is 4. The summed E-state index contributed by atoms with van der Waals surface area (Å²) in [5, 5.41) is 31.9. The molecule has 2 aromatic rings. The second kappa shape index (κ2) is 21.8. The van der Waals surface area contributed by atoms with Crippen molar-refractivity contribution < 1.29 is 34.1 Å². The first-order valence-electron chi connectivity index (χ1n) is 17.0. The lowest BCUT2D eigenvalue weighted by atomic mass is 9.95. The fourth-order valence-electron chi connectivity index (χ4n) is 5.17. The largest absolute Gasteiger partial charge is 0.445 e. The summed E-state index contributed by atoms with van der Waals surface area (Å²) in [6, 6.07) is 9.41. The molecular weight excluding hydrogens is 614 g/mol. The number of hydrogen-bond donors (Lipinski definition) is 6. The number of ether oxygens (including phenoxy) is 1. The highest BCUT2D eigenvalue weighted by atomic mass is 16.5. The maximum atomic E-state index is 13.7. The Balaban J connectivity index is 2.17. The van der Waals surface area contributed by atoms with Gasteiger partial charge in [-0.3, -0.25) is 19.4 Å². The van der Waals surface area contributed by atoms with Crippen LogP contribution in [0.4, 0.5) is 4.79 Å². The summed E-state index contributed by atoms with van der Waals surface area (Å²) >= 11 is 0. The maximum absolute atomic E-state index is 13.7. The molecule has 0 aliphatic carbocycles. The van der Waals surface area contributed by atoms with E-state index in [1.807, 2.05) is 65.0 Å². The third kappa shape index (κ3) is 14.8. The van der Waals surface area contributed by atoms with Crippen molar-refractivity contribution in [2.24, 2.45) is 11.8 Å². The van der Waals surface area contributed by atoms with E-state index in [0.717, 1.165) is 24.0 Å². The zero-order valence-electron chi connectivity index (χ0n) is 29.0. The minimum Gasteiger partial charge on any atom is -0.445 e. The number of aromatic nitrogens is 1. The van der Waals surface area contributed by atoms with Gasteiger partial charge in [0, 0.05) is 18.8 Å². The number of aliphatic hydroxyl groups is 2. The van der Waals surface area contributed by atoms with Crippen molar-refractivity contribution in [3.63, 3.8) is 0 Å². The third-order valence-corrected chi connectivity index (χ3v) is 8.28. The van der Waals surface area contributed by atoms with Crippen molar-refractivity contribution in [3.8, 4) is 0 Å². The van der Waals surface area contributed by atoms with Gasteiger partial charge in [-0.15, -0.1) is 0 Å².